The largest absolute Gasteiger partial charge is 0.369 e. The monoisotopic (exact) mass is 125 g/mol. The van der Waals surface area contributed by atoms with Gasteiger partial charge in [0.15, 0.2) is 0 Å². The summed E-state index contributed by atoms with van der Waals surface area (Å²) in [5.74, 6) is 0. The van der Waals surface area contributed by atoms with Gasteiger partial charge in [-0.1, -0.05) is 25.7 Å². The van der Waals surface area contributed by atoms with E-state index in [1.165, 1.54) is 25.7 Å². The fraction of sp³-hybridized carbons (Fsp3) is 1.00. The zero-order valence-corrected chi connectivity index (χ0v) is 5.67. The van der Waals surface area contributed by atoms with Crippen LogP contribution in [0.15, 0.2) is 0 Å². The predicted octanol–water partition coefficient (Wildman–Crippen LogP) is 1.93. The molecule has 0 amide bonds. The predicted molar refractivity (Wildman–Crippen MR) is 24.5 cm³/mol. The van der Waals surface area contributed by atoms with Crippen LogP contribution in [0.5, 0.6) is 0 Å². The first-order valence-corrected chi connectivity index (χ1v) is 2.00. The first-order chi connectivity index (χ1) is 2.00. The maximum atomic E-state index is 1.50. The van der Waals surface area contributed by atoms with Crippen molar-refractivity contribution < 1.29 is 18.6 Å². The molecule has 0 saturated heterocycles. The molecule has 0 bridgehead atoms. The second-order valence-electron chi connectivity index (χ2n) is 1.41. The number of quaternary nitrogens is 1. The van der Waals surface area contributed by atoms with Gasteiger partial charge in [0.25, 0.3) is 0 Å². The Morgan fingerprint density at radius 1 is 0.667 bits per heavy atom. The molecule has 0 aliphatic heterocycles. The van der Waals surface area contributed by atoms with Gasteiger partial charge in [-0.15, -0.1) is 0 Å². The van der Waals surface area contributed by atoms with E-state index in [-0.39, 0.29) is 24.7 Å². The third-order valence-electron chi connectivity index (χ3n) is 1.000. The van der Waals surface area contributed by atoms with Crippen molar-refractivity contribution in [1.82, 2.24) is 6.15 Å². The maximum absolute atomic E-state index is 1.50. The summed E-state index contributed by atoms with van der Waals surface area (Å²) in [4.78, 5) is 0. The van der Waals surface area contributed by atoms with Gasteiger partial charge < -0.3 is 6.15 Å². The van der Waals surface area contributed by atoms with Crippen LogP contribution in [0.2, 0.25) is 0 Å². The Balaban J connectivity index is 0. The minimum atomic E-state index is 0. The van der Waals surface area contributed by atoms with E-state index in [4.69, 9.17) is 0 Å². The van der Waals surface area contributed by atoms with Crippen LogP contribution in [0, 0.1) is 0 Å². The molecule has 1 radical (unpaired) electrons. The van der Waals surface area contributed by atoms with E-state index in [0.29, 0.717) is 0 Å². The first-order valence-electron chi connectivity index (χ1n) is 2.00. The van der Waals surface area contributed by atoms with Crippen molar-refractivity contribution in [3.05, 3.63) is 0 Å². The third kappa shape index (κ3) is 2.76. The van der Waals surface area contributed by atoms with Crippen LogP contribution in [0.4, 0.5) is 0 Å². The Bertz CT molecular complexity index is 15.5. The number of rotatable bonds is 0. The van der Waals surface area contributed by atoms with Gasteiger partial charge in [-0.2, -0.15) is 0 Å². The standard InChI is InChI=1S/C4H8.H3N.V/c1-2-4-3-1;;/h1-4H2;1H3;/p+1. The molecule has 0 heterocycles. The minimum absolute atomic E-state index is 0. The van der Waals surface area contributed by atoms with Crippen LogP contribution in [-0.4, -0.2) is 0 Å². The quantitative estimate of drug-likeness (QED) is 0.513. The average molecular weight is 125 g/mol. The summed E-state index contributed by atoms with van der Waals surface area (Å²) in [7, 11) is 0. The zero-order valence-electron chi connectivity index (χ0n) is 4.28. The summed E-state index contributed by atoms with van der Waals surface area (Å²) >= 11 is 0. The molecule has 2 heteroatoms. The van der Waals surface area contributed by atoms with Crippen LogP contribution in [0.25, 0.3) is 0 Å². The summed E-state index contributed by atoms with van der Waals surface area (Å²) in [6.07, 6.45) is 6.00. The second kappa shape index (κ2) is 5.54. The van der Waals surface area contributed by atoms with Gasteiger partial charge in [-0.3, -0.25) is 0 Å². The molecule has 0 spiro atoms. The molecule has 0 aromatic carbocycles. The van der Waals surface area contributed by atoms with E-state index >= 15 is 0 Å². The molecule has 0 aromatic rings. The van der Waals surface area contributed by atoms with Gasteiger partial charge >= 0.3 is 0 Å². The van der Waals surface area contributed by atoms with Crippen molar-refractivity contribution in [2.45, 2.75) is 25.7 Å². The Hall–Kier alpha value is 0.544. The van der Waals surface area contributed by atoms with Gasteiger partial charge in [-0.05, 0) is 0 Å². The first kappa shape index (κ1) is 9.74. The van der Waals surface area contributed by atoms with Gasteiger partial charge in [0.1, 0.15) is 0 Å². The topological polar surface area (TPSA) is 36.5 Å². The molecule has 0 unspecified atom stereocenters. The molecule has 4 N–H and O–H groups in total. The minimum Gasteiger partial charge on any atom is -0.369 e. The fourth-order valence-electron chi connectivity index (χ4n) is 0.250. The number of hydrogen-bond acceptors (Lipinski definition) is 0. The van der Waals surface area contributed by atoms with Gasteiger partial charge in [0.2, 0.25) is 0 Å². The van der Waals surface area contributed by atoms with Crippen LogP contribution in [0.1, 0.15) is 25.7 Å². The van der Waals surface area contributed by atoms with E-state index in [1.54, 1.807) is 0 Å². The Labute approximate surface area is 51.0 Å². The van der Waals surface area contributed by atoms with E-state index in [9.17, 15) is 0 Å². The molecule has 1 nitrogen and oxygen atoms in total. The Morgan fingerprint density at radius 3 is 0.833 bits per heavy atom. The Kier molecular flexibility index (Phi) is 9.00. The summed E-state index contributed by atoms with van der Waals surface area (Å²) < 4.78 is 0. The summed E-state index contributed by atoms with van der Waals surface area (Å²) in [5, 5.41) is 0. The molecule has 0 aromatic heterocycles. The van der Waals surface area contributed by atoms with E-state index in [2.05, 4.69) is 0 Å². The molecule has 6 heavy (non-hydrogen) atoms. The van der Waals surface area contributed by atoms with Crippen molar-refractivity contribution in [2.24, 2.45) is 0 Å². The summed E-state index contributed by atoms with van der Waals surface area (Å²) in [5.41, 5.74) is 0. The van der Waals surface area contributed by atoms with E-state index in [0.717, 1.165) is 0 Å². The van der Waals surface area contributed by atoms with Crippen molar-refractivity contribution in [3.63, 3.8) is 0 Å². The van der Waals surface area contributed by atoms with Crippen LogP contribution < -0.4 is 6.15 Å². The molecular formula is C4H12NV+. The second-order valence-corrected chi connectivity index (χ2v) is 1.41. The molecule has 37 valence electrons. The van der Waals surface area contributed by atoms with Crippen LogP contribution >= 0.6 is 0 Å². The fourth-order valence-corrected chi connectivity index (χ4v) is 0.250. The van der Waals surface area contributed by atoms with Crippen molar-refractivity contribution >= 4 is 0 Å². The zero-order chi connectivity index (χ0) is 2.83. The third-order valence-corrected chi connectivity index (χ3v) is 1.000. The molecule has 1 aliphatic rings. The van der Waals surface area contributed by atoms with Gasteiger partial charge in [0, 0.05) is 18.6 Å². The van der Waals surface area contributed by atoms with Crippen molar-refractivity contribution in [2.75, 3.05) is 0 Å². The van der Waals surface area contributed by atoms with Crippen LogP contribution in [-0.2, 0) is 18.6 Å². The smallest absolute Gasteiger partial charge is 0 e. The summed E-state index contributed by atoms with van der Waals surface area (Å²) in [6.45, 7) is 0. The normalized spacial score (nSPS) is 16.0. The molecule has 0 atom stereocenters. The van der Waals surface area contributed by atoms with E-state index < -0.39 is 0 Å². The van der Waals surface area contributed by atoms with Gasteiger partial charge in [0.05, 0.1) is 0 Å². The molecular weight excluding hydrogens is 113 g/mol. The molecule has 1 aliphatic carbocycles. The van der Waals surface area contributed by atoms with E-state index in [1.807, 2.05) is 0 Å². The molecule has 1 saturated carbocycles. The maximum Gasteiger partial charge on any atom is 0 e. The number of hydrogen-bond donors (Lipinski definition) is 1. The molecule has 1 fully saturated rings. The SMILES string of the molecule is C1CCC1.[NH4+].[V]. The average Bonchev–Trinajstić information content (AvgIpc) is 0.722. The van der Waals surface area contributed by atoms with Gasteiger partial charge in [-0.25, -0.2) is 0 Å². The summed E-state index contributed by atoms with van der Waals surface area (Å²) in [6, 6.07) is 0. The van der Waals surface area contributed by atoms with Crippen molar-refractivity contribution in [3.8, 4) is 0 Å². The van der Waals surface area contributed by atoms with Crippen LogP contribution in [0.3, 0.4) is 0 Å². The Morgan fingerprint density at radius 2 is 0.833 bits per heavy atom. The molecule has 1 rings (SSSR count). The van der Waals surface area contributed by atoms with Crippen molar-refractivity contribution in [1.29, 1.82) is 0 Å².